The van der Waals surface area contributed by atoms with Crippen LogP contribution in [-0.2, 0) is 13.0 Å². The Hall–Kier alpha value is -2.93. The molecule has 1 aromatic carbocycles. The second kappa shape index (κ2) is 7.98. The topological polar surface area (TPSA) is 91.5 Å². The average molecular weight is 380 g/mol. The molecule has 2 aromatic heterocycles. The van der Waals surface area contributed by atoms with Crippen LogP contribution in [0.1, 0.15) is 30.3 Å². The number of hydrogen-bond acceptors (Lipinski definition) is 4. The molecule has 1 aliphatic heterocycles. The maximum Gasteiger partial charge on any atom is 0.407 e. The van der Waals surface area contributed by atoms with Crippen molar-refractivity contribution in [2.45, 2.75) is 31.9 Å². The van der Waals surface area contributed by atoms with Gasteiger partial charge in [0.15, 0.2) is 5.65 Å². The number of pyridine rings is 1. The number of hydrogen-bond donors (Lipinski definition) is 2. The van der Waals surface area contributed by atoms with Crippen LogP contribution in [0, 0.1) is 5.92 Å². The lowest BCUT2D eigenvalue weighted by Crippen LogP contribution is -2.38. The van der Waals surface area contributed by atoms with Gasteiger partial charge in [0.05, 0.1) is 18.2 Å². The van der Waals surface area contributed by atoms with E-state index in [9.17, 15) is 9.90 Å². The van der Waals surface area contributed by atoms with Crippen molar-refractivity contribution in [2.24, 2.45) is 5.92 Å². The van der Waals surface area contributed by atoms with Crippen molar-refractivity contribution in [3.63, 3.8) is 0 Å². The number of carboxylic acid groups (broad SMARTS) is 1. The predicted molar refractivity (Wildman–Crippen MR) is 105 cm³/mol. The van der Waals surface area contributed by atoms with Crippen molar-refractivity contribution >= 4 is 17.3 Å². The summed E-state index contributed by atoms with van der Waals surface area (Å²) in [6, 6.07) is 13.5. The van der Waals surface area contributed by atoms with E-state index >= 15 is 0 Å². The van der Waals surface area contributed by atoms with Crippen LogP contribution >= 0.6 is 0 Å². The van der Waals surface area contributed by atoms with Gasteiger partial charge in [0.25, 0.3) is 0 Å². The second-order valence-electron chi connectivity index (χ2n) is 7.33. The van der Waals surface area contributed by atoms with Gasteiger partial charge in [-0.15, -0.1) is 0 Å². The summed E-state index contributed by atoms with van der Waals surface area (Å²) >= 11 is 0. The molecule has 7 heteroatoms. The molecule has 146 valence electrons. The van der Waals surface area contributed by atoms with Gasteiger partial charge in [-0.1, -0.05) is 30.3 Å². The molecule has 0 radical (unpaired) electrons. The number of aromatic nitrogens is 3. The number of rotatable bonds is 5. The summed E-state index contributed by atoms with van der Waals surface area (Å²) in [7, 11) is 0. The van der Waals surface area contributed by atoms with Crippen molar-refractivity contribution in [3.8, 4) is 0 Å². The Bertz CT molecular complexity index is 949. The lowest BCUT2D eigenvalue weighted by Gasteiger charge is -2.30. The number of amides is 1. The molecule has 7 nitrogen and oxygen atoms in total. The minimum atomic E-state index is -0.846. The highest BCUT2D eigenvalue weighted by molar-refractivity contribution is 5.71. The summed E-state index contributed by atoms with van der Waals surface area (Å²) in [4.78, 5) is 21.7. The predicted octanol–water partition coefficient (Wildman–Crippen LogP) is 3.10. The molecule has 3 aromatic rings. The zero-order valence-electron chi connectivity index (χ0n) is 15.6. The van der Waals surface area contributed by atoms with E-state index in [1.807, 2.05) is 42.5 Å². The van der Waals surface area contributed by atoms with E-state index in [-0.39, 0.29) is 0 Å². The Balaban J connectivity index is 1.56. The van der Waals surface area contributed by atoms with Crippen LogP contribution in [0.15, 0.2) is 48.7 Å². The second-order valence-corrected chi connectivity index (χ2v) is 7.33. The SMILES string of the molecule is O=C(O)N1CCC(Cc2nc3ncccc3n2CC(O)c2ccccc2)CC1. The summed E-state index contributed by atoms with van der Waals surface area (Å²) in [6.45, 7) is 1.53. The number of fused-ring (bicyclic) bond motifs is 1. The number of piperidine rings is 1. The minimum Gasteiger partial charge on any atom is -0.465 e. The van der Waals surface area contributed by atoms with Crippen molar-refractivity contribution in [3.05, 3.63) is 60.0 Å². The Labute approximate surface area is 163 Å². The summed E-state index contributed by atoms with van der Waals surface area (Å²) in [5.41, 5.74) is 2.46. The molecule has 1 atom stereocenters. The lowest BCUT2D eigenvalue weighted by atomic mass is 9.93. The molecule has 0 bridgehead atoms. The quantitative estimate of drug-likeness (QED) is 0.710. The van der Waals surface area contributed by atoms with Crippen LogP contribution in [0.3, 0.4) is 0 Å². The lowest BCUT2D eigenvalue weighted by molar-refractivity contribution is 0.123. The molecular formula is C21H24N4O3. The molecule has 0 saturated carbocycles. The number of likely N-dealkylation sites (tertiary alicyclic amines) is 1. The monoisotopic (exact) mass is 380 g/mol. The molecule has 1 unspecified atom stereocenters. The van der Waals surface area contributed by atoms with Crippen LogP contribution in [0.25, 0.3) is 11.2 Å². The third-order valence-corrected chi connectivity index (χ3v) is 5.50. The zero-order valence-corrected chi connectivity index (χ0v) is 15.6. The van der Waals surface area contributed by atoms with E-state index in [1.165, 1.54) is 4.90 Å². The molecule has 1 saturated heterocycles. The highest BCUT2D eigenvalue weighted by Gasteiger charge is 2.25. The van der Waals surface area contributed by atoms with Crippen LogP contribution in [0.5, 0.6) is 0 Å². The molecule has 3 heterocycles. The highest BCUT2D eigenvalue weighted by atomic mass is 16.4. The fourth-order valence-electron chi connectivity index (χ4n) is 3.91. The zero-order chi connectivity index (χ0) is 19.5. The molecule has 1 fully saturated rings. The summed E-state index contributed by atoms with van der Waals surface area (Å²) < 4.78 is 2.06. The Kier molecular flexibility index (Phi) is 5.25. The Morgan fingerprint density at radius 1 is 1.14 bits per heavy atom. The maximum atomic E-state index is 11.1. The van der Waals surface area contributed by atoms with Gasteiger partial charge >= 0.3 is 6.09 Å². The third kappa shape index (κ3) is 3.84. The van der Waals surface area contributed by atoms with Gasteiger partial charge in [0, 0.05) is 25.7 Å². The van der Waals surface area contributed by atoms with Gasteiger partial charge < -0.3 is 19.7 Å². The first kappa shape index (κ1) is 18.4. The van der Waals surface area contributed by atoms with Crippen LogP contribution < -0.4 is 0 Å². The average Bonchev–Trinajstić information content (AvgIpc) is 3.06. The van der Waals surface area contributed by atoms with Crippen molar-refractivity contribution in [1.29, 1.82) is 0 Å². The molecule has 28 heavy (non-hydrogen) atoms. The third-order valence-electron chi connectivity index (χ3n) is 5.50. The van der Waals surface area contributed by atoms with E-state index in [4.69, 9.17) is 10.1 Å². The van der Waals surface area contributed by atoms with Crippen molar-refractivity contribution < 1.29 is 15.0 Å². The Morgan fingerprint density at radius 2 is 1.89 bits per heavy atom. The van der Waals surface area contributed by atoms with Gasteiger partial charge in [-0.2, -0.15) is 0 Å². The Morgan fingerprint density at radius 3 is 2.61 bits per heavy atom. The number of imidazole rings is 1. The normalized spacial score (nSPS) is 16.4. The molecule has 1 aliphatic rings. The standard InChI is InChI=1S/C21H24N4O3/c26-18(16-5-2-1-3-6-16)14-25-17-7-4-10-22-20(17)23-19(25)13-15-8-11-24(12-9-15)21(27)28/h1-7,10,15,18,26H,8-9,11-14H2,(H,27,28). The minimum absolute atomic E-state index is 0.375. The molecule has 4 rings (SSSR count). The first-order valence-corrected chi connectivity index (χ1v) is 9.63. The first-order valence-electron chi connectivity index (χ1n) is 9.63. The smallest absolute Gasteiger partial charge is 0.407 e. The van der Waals surface area contributed by atoms with E-state index in [0.717, 1.165) is 36.2 Å². The van der Waals surface area contributed by atoms with Crippen LogP contribution in [-0.4, -0.2) is 48.8 Å². The van der Waals surface area contributed by atoms with E-state index in [2.05, 4.69) is 9.55 Å². The van der Waals surface area contributed by atoms with Crippen LogP contribution in [0.2, 0.25) is 0 Å². The van der Waals surface area contributed by atoms with E-state index in [1.54, 1.807) is 6.20 Å². The van der Waals surface area contributed by atoms with Gasteiger partial charge in [0.2, 0.25) is 0 Å². The summed E-state index contributed by atoms with van der Waals surface area (Å²) in [5, 5.41) is 19.9. The fraction of sp³-hybridized carbons (Fsp3) is 0.381. The van der Waals surface area contributed by atoms with Crippen molar-refractivity contribution in [2.75, 3.05) is 13.1 Å². The van der Waals surface area contributed by atoms with Gasteiger partial charge in [-0.3, -0.25) is 0 Å². The van der Waals surface area contributed by atoms with Gasteiger partial charge in [-0.25, -0.2) is 14.8 Å². The largest absolute Gasteiger partial charge is 0.465 e. The number of aliphatic hydroxyl groups is 1. The van der Waals surface area contributed by atoms with E-state index in [0.29, 0.717) is 31.2 Å². The van der Waals surface area contributed by atoms with Crippen LogP contribution in [0.4, 0.5) is 4.79 Å². The highest BCUT2D eigenvalue weighted by Crippen LogP contribution is 2.25. The first-order chi connectivity index (χ1) is 13.6. The summed E-state index contributed by atoms with van der Waals surface area (Å²) in [5.74, 6) is 1.28. The molecule has 1 amide bonds. The molecule has 2 N–H and O–H groups in total. The summed E-state index contributed by atoms with van der Waals surface area (Å²) in [6.07, 6.45) is 2.65. The maximum absolute atomic E-state index is 11.1. The molecule has 0 spiro atoms. The number of benzene rings is 1. The van der Waals surface area contributed by atoms with Gasteiger partial charge in [-0.05, 0) is 36.5 Å². The fourth-order valence-corrected chi connectivity index (χ4v) is 3.91. The number of aliphatic hydroxyl groups excluding tert-OH is 1. The molecular weight excluding hydrogens is 356 g/mol. The van der Waals surface area contributed by atoms with Crippen molar-refractivity contribution in [1.82, 2.24) is 19.4 Å². The molecule has 0 aliphatic carbocycles. The van der Waals surface area contributed by atoms with Gasteiger partial charge in [0.1, 0.15) is 5.82 Å². The van der Waals surface area contributed by atoms with E-state index < -0.39 is 12.2 Å². The number of nitrogens with zero attached hydrogens (tertiary/aromatic N) is 4. The number of carbonyl (C=O) groups is 1.